The van der Waals surface area contributed by atoms with Crippen LogP contribution in [-0.2, 0) is 14.8 Å². The van der Waals surface area contributed by atoms with Gasteiger partial charge in [0.25, 0.3) is 0 Å². The number of nitrogens with zero attached hydrogens (tertiary/aromatic N) is 1. The zero-order chi connectivity index (χ0) is 14.6. The molecule has 0 aromatic heterocycles. The minimum absolute atomic E-state index is 0.403. The molecule has 0 aliphatic rings. The molecule has 8 heteroatoms. The van der Waals surface area contributed by atoms with E-state index >= 15 is 0 Å². The Morgan fingerprint density at radius 1 is 1.21 bits per heavy atom. The number of aliphatic imine (C=N–C) groups is 1. The van der Waals surface area contributed by atoms with Gasteiger partial charge in [-0.3, -0.25) is 4.99 Å². The van der Waals surface area contributed by atoms with Gasteiger partial charge in [0.2, 0.25) is 10.0 Å². The lowest BCUT2D eigenvalue weighted by Gasteiger charge is -2.11. The van der Waals surface area contributed by atoms with E-state index in [4.69, 9.17) is 4.74 Å². The van der Waals surface area contributed by atoms with Gasteiger partial charge < -0.3 is 15.4 Å². The van der Waals surface area contributed by atoms with Crippen LogP contribution >= 0.6 is 0 Å². The third-order valence-corrected chi connectivity index (χ3v) is 2.78. The predicted octanol–water partition coefficient (Wildman–Crippen LogP) is -0.483. The largest absolute Gasteiger partial charge is 0.380 e. The summed E-state index contributed by atoms with van der Waals surface area (Å²) < 4.78 is 29.3. The van der Waals surface area contributed by atoms with Crippen molar-refractivity contribution in [3.8, 4) is 0 Å². The average Bonchev–Trinajstić information content (AvgIpc) is 2.32. The van der Waals surface area contributed by atoms with Gasteiger partial charge in [-0.25, -0.2) is 13.1 Å². The molecular formula is C11H26N4O3S. The van der Waals surface area contributed by atoms with Crippen molar-refractivity contribution < 1.29 is 13.2 Å². The van der Waals surface area contributed by atoms with E-state index in [1.165, 1.54) is 0 Å². The molecule has 0 aromatic carbocycles. The summed E-state index contributed by atoms with van der Waals surface area (Å²) in [6.45, 7) is 7.72. The standard InChI is InChI=1S/C11H26N4O3S/c1-4-12-11(14-9-10-18-5-2)13-7-6-8-15-19(3,16)17/h15H,4-10H2,1-3H3,(H2,12,13,14). The average molecular weight is 294 g/mol. The van der Waals surface area contributed by atoms with E-state index in [0.29, 0.717) is 39.3 Å². The molecule has 0 amide bonds. The van der Waals surface area contributed by atoms with Gasteiger partial charge in [-0.1, -0.05) is 0 Å². The van der Waals surface area contributed by atoms with Crippen molar-refractivity contribution in [2.75, 3.05) is 45.6 Å². The molecular weight excluding hydrogens is 268 g/mol. The summed E-state index contributed by atoms with van der Waals surface area (Å²) in [7, 11) is -3.10. The van der Waals surface area contributed by atoms with E-state index in [0.717, 1.165) is 18.8 Å². The summed E-state index contributed by atoms with van der Waals surface area (Å²) in [6.07, 6.45) is 1.81. The Kier molecular flexibility index (Phi) is 10.5. The molecule has 19 heavy (non-hydrogen) atoms. The van der Waals surface area contributed by atoms with Crippen LogP contribution in [0.25, 0.3) is 0 Å². The van der Waals surface area contributed by atoms with Crippen LogP contribution in [-0.4, -0.2) is 60.0 Å². The summed E-state index contributed by atoms with van der Waals surface area (Å²) in [6, 6.07) is 0. The van der Waals surface area contributed by atoms with Crippen LogP contribution in [0.1, 0.15) is 20.3 Å². The first-order chi connectivity index (χ1) is 8.99. The maximum absolute atomic E-state index is 10.8. The fraction of sp³-hybridized carbons (Fsp3) is 0.909. The fourth-order valence-electron chi connectivity index (χ4n) is 1.26. The molecule has 0 heterocycles. The van der Waals surface area contributed by atoms with Crippen LogP contribution < -0.4 is 15.4 Å². The van der Waals surface area contributed by atoms with E-state index in [2.05, 4.69) is 20.3 Å². The number of sulfonamides is 1. The smallest absolute Gasteiger partial charge is 0.208 e. The first-order valence-electron chi connectivity index (χ1n) is 6.54. The Hall–Kier alpha value is -0.860. The number of ether oxygens (including phenoxy) is 1. The highest BCUT2D eigenvalue weighted by atomic mass is 32.2. The summed E-state index contributed by atoms with van der Waals surface area (Å²) >= 11 is 0. The van der Waals surface area contributed by atoms with Crippen molar-refractivity contribution in [3.05, 3.63) is 0 Å². The normalized spacial score (nSPS) is 12.5. The highest BCUT2D eigenvalue weighted by Crippen LogP contribution is 1.83. The van der Waals surface area contributed by atoms with E-state index in [9.17, 15) is 8.42 Å². The van der Waals surface area contributed by atoms with E-state index < -0.39 is 10.0 Å². The number of guanidine groups is 1. The summed E-state index contributed by atoms with van der Waals surface area (Å²) in [5.74, 6) is 0.724. The van der Waals surface area contributed by atoms with E-state index in [-0.39, 0.29) is 0 Å². The molecule has 0 fully saturated rings. The van der Waals surface area contributed by atoms with Gasteiger partial charge in [0.05, 0.1) is 12.9 Å². The summed E-state index contributed by atoms with van der Waals surface area (Å²) in [5, 5.41) is 6.25. The predicted molar refractivity (Wildman–Crippen MR) is 77.9 cm³/mol. The van der Waals surface area contributed by atoms with Gasteiger partial charge in [0, 0.05) is 32.8 Å². The lowest BCUT2D eigenvalue weighted by molar-refractivity contribution is 0.152. The van der Waals surface area contributed by atoms with Gasteiger partial charge in [0.1, 0.15) is 0 Å². The monoisotopic (exact) mass is 294 g/mol. The Morgan fingerprint density at radius 2 is 1.95 bits per heavy atom. The lowest BCUT2D eigenvalue weighted by Crippen LogP contribution is -2.39. The van der Waals surface area contributed by atoms with Crippen LogP contribution in [0.4, 0.5) is 0 Å². The molecule has 0 atom stereocenters. The van der Waals surface area contributed by atoms with E-state index in [1.807, 2.05) is 13.8 Å². The molecule has 0 saturated carbocycles. The van der Waals surface area contributed by atoms with Gasteiger partial charge >= 0.3 is 0 Å². The van der Waals surface area contributed by atoms with Crippen molar-refractivity contribution in [1.29, 1.82) is 0 Å². The van der Waals surface area contributed by atoms with Crippen LogP contribution in [0, 0.1) is 0 Å². The van der Waals surface area contributed by atoms with Gasteiger partial charge in [-0.05, 0) is 20.3 Å². The fourth-order valence-corrected chi connectivity index (χ4v) is 1.77. The number of hydrogen-bond acceptors (Lipinski definition) is 4. The van der Waals surface area contributed by atoms with Crippen molar-refractivity contribution in [2.24, 2.45) is 4.99 Å². The molecule has 0 saturated heterocycles. The van der Waals surface area contributed by atoms with Crippen LogP contribution in [0.5, 0.6) is 0 Å². The van der Waals surface area contributed by atoms with Crippen LogP contribution in [0.15, 0.2) is 4.99 Å². The summed E-state index contributed by atoms with van der Waals surface area (Å²) in [4.78, 5) is 4.33. The van der Waals surface area contributed by atoms with Gasteiger partial charge in [-0.15, -0.1) is 0 Å². The molecule has 0 aliphatic carbocycles. The Morgan fingerprint density at radius 3 is 2.53 bits per heavy atom. The van der Waals surface area contributed by atoms with Crippen molar-refractivity contribution in [1.82, 2.24) is 15.4 Å². The van der Waals surface area contributed by atoms with Gasteiger partial charge in [0.15, 0.2) is 5.96 Å². The SMILES string of the molecule is CCNC(=NCCCNS(C)(=O)=O)NCCOCC. The Bertz CT molecular complexity index is 344. The molecule has 3 N–H and O–H groups in total. The lowest BCUT2D eigenvalue weighted by atomic mass is 10.4. The first-order valence-corrected chi connectivity index (χ1v) is 8.43. The van der Waals surface area contributed by atoms with Crippen LogP contribution in [0.2, 0.25) is 0 Å². The summed E-state index contributed by atoms with van der Waals surface area (Å²) in [5.41, 5.74) is 0. The van der Waals surface area contributed by atoms with Gasteiger partial charge in [-0.2, -0.15) is 0 Å². The number of hydrogen-bond donors (Lipinski definition) is 3. The topological polar surface area (TPSA) is 91.8 Å². The molecule has 0 radical (unpaired) electrons. The third-order valence-electron chi connectivity index (χ3n) is 2.06. The minimum Gasteiger partial charge on any atom is -0.380 e. The molecule has 0 bridgehead atoms. The molecule has 7 nitrogen and oxygen atoms in total. The van der Waals surface area contributed by atoms with E-state index in [1.54, 1.807) is 0 Å². The number of rotatable bonds is 10. The second-order valence-electron chi connectivity index (χ2n) is 3.90. The minimum atomic E-state index is -3.10. The maximum Gasteiger partial charge on any atom is 0.208 e. The third kappa shape index (κ3) is 13.4. The molecule has 0 aromatic rings. The highest BCUT2D eigenvalue weighted by Gasteiger charge is 1.99. The molecule has 114 valence electrons. The Labute approximate surface area is 116 Å². The zero-order valence-electron chi connectivity index (χ0n) is 12.0. The highest BCUT2D eigenvalue weighted by molar-refractivity contribution is 7.88. The first kappa shape index (κ1) is 18.1. The molecule has 0 rings (SSSR count). The second kappa shape index (κ2) is 11.0. The maximum atomic E-state index is 10.8. The second-order valence-corrected chi connectivity index (χ2v) is 5.74. The molecule has 0 spiro atoms. The molecule has 0 unspecified atom stereocenters. The zero-order valence-corrected chi connectivity index (χ0v) is 12.8. The molecule has 0 aliphatic heterocycles. The van der Waals surface area contributed by atoms with Crippen molar-refractivity contribution in [3.63, 3.8) is 0 Å². The quantitative estimate of drug-likeness (QED) is 0.287. The Balaban J connectivity index is 3.85. The van der Waals surface area contributed by atoms with Crippen LogP contribution in [0.3, 0.4) is 0 Å². The number of nitrogens with one attached hydrogen (secondary N) is 3. The van der Waals surface area contributed by atoms with Crippen molar-refractivity contribution in [2.45, 2.75) is 20.3 Å². The van der Waals surface area contributed by atoms with Crippen molar-refractivity contribution >= 4 is 16.0 Å².